The van der Waals surface area contributed by atoms with E-state index in [4.69, 9.17) is 4.74 Å². The second kappa shape index (κ2) is 6.06. The quantitative estimate of drug-likeness (QED) is 0.867. The fourth-order valence-electron chi connectivity index (χ4n) is 3.12. The predicted octanol–water partition coefficient (Wildman–Crippen LogP) is 3.91. The molecule has 1 aromatic rings. The van der Waals surface area contributed by atoms with Gasteiger partial charge in [-0.3, -0.25) is 0 Å². The average Bonchev–Trinajstić information content (AvgIpc) is 2.80. The number of benzene rings is 1. The molecule has 19 heavy (non-hydrogen) atoms. The third-order valence-corrected chi connectivity index (χ3v) is 4.19. The number of ether oxygens (including phenoxy) is 1. The highest BCUT2D eigenvalue weighted by atomic mass is 16.5. The van der Waals surface area contributed by atoms with Crippen LogP contribution in [0.4, 0.5) is 0 Å². The first kappa shape index (κ1) is 14.5. The summed E-state index contributed by atoms with van der Waals surface area (Å²) in [6.45, 7) is 10.8. The van der Waals surface area contributed by atoms with E-state index in [2.05, 4.69) is 51.2 Å². The molecule has 0 saturated carbocycles. The summed E-state index contributed by atoms with van der Waals surface area (Å²) >= 11 is 0. The van der Waals surface area contributed by atoms with E-state index in [0.717, 1.165) is 26.0 Å². The molecule has 1 aliphatic heterocycles. The Balaban J connectivity index is 2.31. The van der Waals surface area contributed by atoms with E-state index in [1.807, 2.05) is 0 Å². The average molecular weight is 261 g/mol. The first-order valence-corrected chi connectivity index (χ1v) is 7.51. The van der Waals surface area contributed by atoms with E-state index in [0.29, 0.717) is 6.04 Å². The predicted molar refractivity (Wildman–Crippen MR) is 80.5 cm³/mol. The molecule has 0 aliphatic carbocycles. The highest BCUT2D eigenvalue weighted by Crippen LogP contribution is 2.38. The molecule has 2 heteroatoms. The fourth-order valence-corrected chi connectivity index (χ4v) is 3.12. The van der Waals surface area contributed by atoms with Crippen LogP contribution in [0.1, 0.15) is 55.8 Å². The zero-order valence-corrected chi connectivity index (χ0v) is 12.8. The van der Waals surface area contributed by atoms with Crippen LogP contribution >= 0.6 is 0 Å². The van der Waals surface area contributed by atoms with Crippen molar-refractivity contribution in [2.24, 2.45) is 0 Å². The number of nitrogens with one attached hydrogen (secondary N) is 1. The molecule has 0 radical (unpaired) electrons. The van der Waals surface area contributed by atoms with E-state index < -0.39 is 0 Å². The normalized spacial score (nSPS) is 24.6. The lowest BCUT2D eigenvalue weighted by Gasteiger charge is -2.35. The second-order valence-electron chi connectivity index (χ2n) is 6.01. The minimum atomic E-state index is -0.0603. The van der Waals surface area contributed by atoms with Crippen molar-refractivity contribution >= 4 is 0 Å². The summed E-state index contributed by atoms with van der Waals surface area (Å²) in [5, 5.41) is 3.70. The van der Waals surface area contributed by atoms with Gasteiger partial charge in [0.05, 0.1) is 11.6 Å². The Morgan fingerprint density at radius 3 is 2.74 bits per heavy atom. The Morgan fingerprint density at radius 2 is 2.16 bits per heavy atom. The second-order valence-corrected chi connectivity index (χ2v) is 6.01. The van der Waals surface area contributed by atoms with Crippen LogP contribution in [-0.4, -0.2) is 18.8 Å². The lowest BCUT2D eigenvalue weighted by molar-refractivity contribution is -0.0126. The fraction of sp³-hybridized carbons (Fsp3) is 0.647. The van der Waals surface area contributed by atoms with Crippen LogP contribution in [0.15, 0.2) is 18.2 Å². The van der Waals surface area contributed by atoms with Gasteiger partial charge in [-0.2, -0.15) is 0 Å². The number of hydrogen-bond donors (Lipinski definition) is 1. The van der Waals surface area contributed by atoms with Gasteiger partial charge in [-0.25, -0.2) is 0 Å². The van der Waals surface area contributed by atoms with Crippen molar-refractivity contribution in [3.63, 3.8) is 0 Å². The molecule has 106 valence electrons. The maximum absolute atomic E-state index is 6.08. The van der Waals surface area contributed by atoms with Crippen LogP contribution in [-0.2, 0) is 4.74 Å². The van der Waals surface area contributed by atoms with Gasteiger partial charge < -0.3 is 10.1 Å². The monoisotopic (exact) mass is 261 g/mol. The SMILES string of the molecule is CCCNC(c1ccc(C)cc1C)C1(C)CCCO1. The van der Waals surface area contributed by atoms with Gasteiger partial charge in [0.1, 0.15) is 0 Å². The smallest absolute Gasteiger partial charge is 0.0849 e. The summed E-state index contributed by atoms with van der Waals surface area (Å²) in [6.07, 6.45) is 3.46. The van der Waals surface area contributed by atoms with Gasteiger partial charge in [-0.1, -0.05) is 30.7 Å². The molecule has 0 spiro atoms. The number of aryl methyl sites for hydroxylation is 2. The van der Waals surface area contributed by atoms with Crippen molar-refractivity contribution in [2.75, 3.05) is 13.2 Å². The Hall–Kier alpha value is -0.860. The molecular formula is C17H27NO. The maximum atomic E-state index is 6.08. The summed E-state index contributed by atoms with van der Waals surface area (Å²) in [5.74, 6) is 0. The van der Waals surface area contributed by atoms with Gasteiger partial charge in [0.2, 0.25) is 0 Å². The minimum Gasteiger partial charge on any atom is -0.373 e. The van der Waals surface area contributed by atoms with E-state index in [-0.39, 0.29) is 5.60 Å². The van der Waals surface area contributed by atoms with E-state index >= 15 is 0 Å². The highest BCUT2D eigenvalue weighted by molar-refractivity contribution is 5.34. The van der Waals surface area contributed by atoms with Crippen molar-refractivity contribution in [1.29, 1.82) is 0 Å². The molecule has 1 aromatic carbocycles. The molecule has 0 amide bonds. The van der Waals surface area contributed by atoms with Gasteiger partial charge >= 0.3 is 0 Å². The Morgan fingerprint density at radius 1 is 1.37 bits per heavy atom. The highest BCUT2D eigenvalue weighted by Gasteiger charge is 2.39. The molecule has 2 atom stereocenters. The third kappa shape index (κ3) is 3.18. The van der Waals surface area contributed by atoms with E-state index in [9.17, 15) is 0 Å². The van der Waals surface area contributed by atoms with Crippen molar-refractivity contribution in [1.82, 2.24) is 5.32 Å². The van der Waals surface area contributed by atoms with E-state index in [1.165, 1.54) is 23.1 Å². The molecule has 0 bridgehead atoms. The Bertz CT molecular complexity index is 421. The zero-order chi connectivity index (χ0) is 13.9. The Kier molecular flexibility index (Phi) is 4.64. The molecule has 1 saturated heterocycles. The molecule has 0 aromatic heterocycles. The van der Waals surface area contributed by atoms with Gasteiger partial charge in [0, 0.05) is 6.61 Å². The van der Waals surface area contributed by atoms with Gasteiger partial charge in [-0.15, -0.1) is 0 Å². The summed E-state index contributed by atoms with van der Waals surface area (Å²) < 4.78 is 6.08. The molecule has 1 fully saturated rings. The Labute approximate surface area is 117 Å². The van der Waals surface area contributed by atoms with Crippen molar-refractivity contribution in [3.8, 4) is 0 Å². The van der Waals surface area contributed by atoms with Crippen LogP contribution in [0.3, 0.4) is 0 Å². The molecule has 2 rings (SSSR count). The van der Waals surface area contributed by atoms with Crippen molar-refractivity contribution in [2.45, 2.75) is 58.6 Å². The molecule has 1 heterocycles. The topological polar surface area (TPSA) is 21.3 Å². The van der Waals surface area contributed by atoms with Crippen LogP contribution in [0.5, 0.6) is 0 Å². The number of hydrogen-bond acceptors (Lipinski definition) is 2. The van der Waals surface area contributed by atoms with E-state index in [1.54, 1.807) is 0 Å². The van der Waals surface area contributed by atoms with Crippen LogP contribution in [0.2, 0.25) is 0 Å². The maximum Gasteiger partial charge on any atom is 0.0849 e. The van der Waals surface area contributed by atoms with Gasteiger partial charge in [-0.05, 0) is 57.7 Å². The molecule has 1 N–H and O–H groups in total. The summed E-state index contributed by atoms with van der Waals surface area (Å²) in [5.41, 5.74) is 4.02. The van der Waals surface area contributed by atoms with Crippen molar-refractivity contribution < 1.29 is 4.74 Å². The minimum absolute atomic E-state index is 0.0603. The molecule has 1 aliphatic rings. The first-order valence-electron chi connectivity index (χ1n) is 7.51. The lowest BCUT2D eigenvalue weighted by atomic mass is 9.85. The zero-order valence-electron chi connectivity index (χ0n) is 12.8. The van der Waals surface area contributed by atoms with Crippen molar-refractivity contribution in [3.05, 3.63) is 34.9 Å². The van der Waals surface area contributed by atoms with Crippen LogP contribution < -0.4 is 5.32 Å². The first-order chi connectivity index (χ1) is 9.07. The summed E-state index contributed by atoms with van der Waals surface area (Å²) in [7, 11) is 0. The van der Waals surface area contributed by atoms with Crippen LogP contribution in [0, 0.1) is 13.8 Å². The lowest BCUT2D eigenvalue weighted by Crippen LogP contribution is -2.42. The largest absolute Gasteiger partial charge is 0.373 e. The number of rotatable bonds is 5. The third-order valence-electron chi connectivity index (χ3n) is 4.19. The van der Waals surface area contributed by atoms with Gasteiger partial charge in [0.15, 0.2) is 0 Å². The summed E-state index contributed by atoms with van der Waals surface area (Å²) in [6, 6.07) is 7.05. The summed E-state index contributed by atoms with van der Waals surface area (Å²) in [4.78, 5) is 0. The standard InChI is InChI=1S/C17H27NO/c1-5-10-18-16(17(4)9-6-11-19-17)15-8-7-13(2)12-14(15)3/h7-8,12,16,18H,5-6,9-11H2,1-4H3. The van der Waals surface area contributed by atoms with Crippen LogP contribution in [0.25, 0.3) is 0 Å². The molecular weight excluding hydrogens is 234 g/mol. The molecule has 2 nitrogen and oxygen atoms in total. The van der Waals surface area contributed by atoms with Gasteiger partial charge in [0.25, 0.3) is 0 Å². The molecule has 2 unspecified atom stereocenters.